The van der Waals surface area contributed by atoms with Crippen LogP contribution >= 0.6 is 0 Å². The van der Waals surface area contributed by atoms with E-state index in [9.17, 15) is 4.79 Å². The highest BCUT2D eigenvalue weighted by Crippen LogP contribution is 2.31. The highest BCUT2D eigenvalue weighted by molar-refractivity contribution is 5.60. The number of carbonyl (C=O) groups excluding carboxylic acids is 1. The molecule has 0 aromatic rings. The molecule has 0 saturated carbocycles. The first-order chi connectivity index (χ1) is 8.08. The first-order valence-electron chi connectivity index (χ1n) is 6.45. The first kappa shape index (κ1) is 13.0. The lowest BCUT2D eigenvalue weighted by Gasteiger charge is -2.46. The van der Waals surface area contributed by atoms with Crippen LogP contribution < -0.4 is 0 Å². The van der Waals surface area contributed by atoms with Crippen molar-refractivity contribution in [1.82, 2.24) is 4.90 Å². The predicted molar refractivity (Wildman–Crippen MR) is 65.0 cm³/mol. The molecule has 1 unspecified atom stereocenters. The van der Waals surface area contributed by atoms with E-state index in [4.69, 9.17) is 9.47 Å². The van der Waals surface area contributed by atoms with Gasteiger partial charge in [-0.25, -0.2) is 0 Å². The summed E-state index contributed by atoms with van der Waals surface area (Å²) in [5.41, 5.74) is -0.279. The summed E-state index contributed by atoms with van der Waals surface area (Å²) >= 11 is 0. The maximum absolute atomic E-state index is 11.4. The number of ether oxygens (including phenoxy) is 2. The summed E-state index contributed by atoms with van der Waals surface area (Å²) in [4.78, 5) is 13.8. The van der Waals surface area contributed by atoms with E-state index in [1.165, 1.54) is 0 Å². The lowest BCUT2D eigenvalue weighted by molar-refractivity contribution is -0.132. The summed E-state index contributed by atoms with van der Waals surface area (Å²) in [6, 6.07) is 0. The van der Waals surface area contributed by atoms with Gasteiger partial charge in [-0.2, -0.15) is 0 Å². The third-order valence-corrected chi connectivity index (χ3v) is 3.93. The van der Waals surface area contributed by atoms with E-state index in [0.717, 1.165) is 52.0 Å². The second-order valence-corrected chi connectivity index (χ2v) is 5.92. The minimum atomic E-state index is -0.299. The Bertz CT molecular complexity index is 272. The van der Waals surface area contributed by atoms with Crippen molar-refractivity contribution in [2.24, 2.45) is 5.41 Å². The van der Waals surface area contributed by atoms with Crippen LogP contribution in [0.3, 0.4) is 0 Å². The number of hydrogen-bond acceptors (Lipinski definition) is 4. The van der Waals surface area contributed by atoms with Gasteiger partial charge < -0.3 is 14.3 Å². The van der Waals surface area contributed by atoms with E-state index in [2.05, 4.69) is 18.7 Å². The van der Waals surface area contributed by atoms with Gasteiger partial charge in [-0.3, -0.25) is 4.90 Å². The predicted octanol–water partition coefficient (Wildman–Crippen LogP) is 1.09. The van der Waals surface area contributed by atoms with Crippen LogP contribution in [-0.2, 0) is 14.3 Å². The maximum Gasteiger partial charge on any atom is 0.129 e. The van der Waals surface area contributed by atoms with Gasteiger partial charge in [0.15, 0.2) is 0 Å². The summed E-state index contributed by atoms with van der Waals surface area (Å²) in [6.45, 7) is 8.92. The van der Waals surface area contributed by atoms with Gasteiger partial charge in [-0.15, -0.1) is 0 Å². The Hall–Kier alpha value is -0.450. The van der Waals surface area contributed by atoms with Crippen molar-refractivity contribution in [3.63, 3.8) is 0 Å². The van der Waals surface area contributed by atoms with Gasteiger partial charge in [0.05, 0.1) is 25.2 Å². The van der Waals surface area contributed by atoms with Crippen LogP contribution in [0.25, 0.3) is 0 Å². The zero-order chi connectivity index (χ0) is 12.4. The SMILES string of the molecule is CC1(C)COCCN1CC1(C=O)CCCOC1. The number of hydrogen-bond donors (Lipinski definition) is 0. The van der Waals surface area contributed by atoms with Crippen molar-refractivity contribution in [2.45, 2.75) is 32.2 Å². The van der Waals surface area contributed by atoms with Crippen LogP contribution in [-0.4, -0.2) is 56.2 Å². The topological polar surface area (TPSA) is 38.8 Å². The van der Waals surface area contributed by atoms with Gasteiger partial charge >= 0.3 is 0 Å². The molecule has 17 heavy (non-hydrogen) atoms. The smallest absolute Gasteiger partial charge is 0.129 e. The molecule has 0 bridgehead atoms. The van der Waals surface area contributed by atoms with Gasteiger partial charge in [0, 0.05) is 25.2 Å². The molecule has 98 valence electrons. The molecule has 0 aromatic heterocycles. The fourth-order valence-corrected chi connectivity index (χ4v) is 2.69. The van der Waals surface area contributed by atoms with Gasteiger partial charge in [-0.1, -0.05) is 0 Å². The van der Waals surface area contributed by atoms with Crippen LogP contribution in [0.15, 0.2) is 0 Å². The van der Waals surface area contributed by atoms with Gasteiger partial charge in [0.2, 0.25) is 0 Å². The molecule has 2 aliphatic rings. The third kappa shape index (κ3) is 2.87. The van der Waals surface area contributed by atoms with Crippen LogP contribution in [0.5, 0.6) is 0 Å². The van der Waals surface area contributed by atoms with Crippen molar-refractivity contribution in [3.05, 3.63) is 0 Å². The van der Waals surface area contributed by atoms with Crippen molar-refractivity contribution >= 4 is 6.29 Å². The number of morpholine rings is 1. The molecular formula is C13H23NO3. The molecule has 2 heterocycles. The standard InChI is InChI=1S/C13H23NO3/c1-12(2)10-17-7-5-14(12)8-13(9-15)4-3-6-16-11-13/h9H,3-8,10-11H2,1-2H3. The fourth-order valence-electron chi connectivity index (χ4n) is 2.69. The lowest BCUT2D eigenvalue weighted by atomic mass is 9.82. The molecule has 2 rings (SSSR count). The number of nitrogens with zero attached hydrogens (tertiary/aromatic N) is 1. The molecule has 4 nitrogen and oxygen atoms in total. The molecule has 0 aromatic carbocycles. The minimum absolute atomic E-state index is 0.0196. The summed E-state index contributed by atoms with van der Waals surface area (Å²) < 4.78 is 11.0. The minimum Gasteiger partial charge on any atom is -0.380 e. The molecule has 2 fully saturated rings. The van der Waals surface area contributed by atoms with E-state index in [0.29, 0.717) is 6.61 Å². The Morgan fingerprint density at radius 2 is 2.00 bits per heavy atom. The molecule has 4 heteroatoms. The molecule has 1 atom stereocenters. The van der Waals surface area contributed by atoms with E-state index >= 15 is 0 Å². The molecule has 2 aliphatic heterocycles. The summed E-state index contributed by atoms with van der Waals surface area (Å²) in [5, 5.41) is 0. The fraction of sp³-hybridized carbons (Fsp3) is 0.923. The largest absolute Gasteiger partial charge is 0.380 e. The Labute approximate surface area is 103 Å². The Morgan fingerprint density at radius 1 is 1.24 bits per heavy atom. The van der Waals surface area contributed by atoms with Crippen molar-refractivity contribution in [2.75, 3.05) is 39.5 Å². The molecular weight excluding hydrogens is 218 g/mol. The van der Waals surface area contributed by atoms with Gasteiger partial charge in [0.1, 0.15) is 6.29 Å². The number of rotatable bonds is 3. The molecule has 0 spiro atoms. The summed E-state index contributed by atoms with van der Waals surface area (Å²) in [6.07, 6.45) is 3.05. The average Bonchev–Trinajstić information content (AvgIpc) is 2.33. The van der Waals surface area contributed by atoms with Crippen LogP contribution in [0, 0.1) is 5.41 Å². The molecule has 2 saturated heterocycles. The van der Waals surface area contributed by atoms with E-state index < -0.39 is 0 Å². The van der Waals surface area contributed by atoms with Crippen LogP contribution in [0.2, 0.25) is 0 Å². The normalized spacial score (nSPS) is 34.5. The van der Waals surface area contributed by atoms with Crippen LogP contribution in [0.4, 0.5) is 0 Å². The summed E-state index contributed by atoms with van der Waals surface area (Å²) in [5.74, 6) is 0. The molecule has 0 aliphatic carbocycles. The van der Waals surface area contributed by atoms with Gasteiger partial charge in [0.25, 0.3) is 0 Å². The van der Waals surface area contributed by atoms with E-state index in [1.54, 1.807) is 0 Å². The Balaban J connectivity index is 2.04. The average molecular weight is 241 g/mol. The van der Waals surface area contributed by atoms with Crippen molar-refractivity contribution in [1.29, 1.82) is 0 Å². The lowest BCUT2D eigenvalue weighted by Crippen LogP contribution is -2.57. The highest BCUT2D eigenvalue weighted by Gasteiger charge is 2.40. The number of carbonyl (C=O) groups is 1. The molecule has 0 radical (unpaired) electrons. The first-order valence-corrected chi connectivity index (χ1v) is 6.45. The summed E-state index contributed by atoms with van der Waals surface area (Å²) in [7, 11) is 0. The monoisotopic (exact) mass is 241 g/mol. The zero-order valence-corrected chi connectivity index (χ0v) is 10.9. The molecule has 0 N–H and O–H groups in total. The van der Waals surface area contributed by atoms with E-state index in [-0.39, 0.29) is 11.0 Å². The molecule has 0 amide bonds. The van der Waals surface area contributed by atoms with Crippen LogP contribution in [0.1, 0.15) is 26.7 Å². The second kappa shape index (κ2) is 5.04. The zero-order valence-electron chi connectivity index (χ0n) is 10.9. The second-order valence-electron chi connectivity index (χ2n) is 5.92. The Morgan fingerprint density at radius 3 is 2.59 bits per heavy atom. The van der Waals surface area contributed by atoms with Crippen molar-refractivity contribution in [3.8, 4) is 0 Å². The maximum atomic E-state index is 11.4. The quantitative estimate of drug-likeness (QED) is 0.693. The number of aldehydes is 1. The highest BCUT2D eigenvalue weighted by atomic mass is 16.5. The van der Waals surface area contributed by atoms with Gasteiger partial charge in [-0.05, 0) is 26.7 Å². The van der Waals surface area contributed by atoms with E-state index in [1.807, 2.05) is 0 Å². The van der Waals surface area contributed by atoms with Crippen molar-refractivity contribution < 1.29 is 14.3 Å². The Kier molecular flexibility index (Phi) is 3.85. The third-order valence-electron chi connectivity index (χ3n) is 3.93.